The van der Waals surface area contributed by atoms with E-state index in [1.54, 1.807) is 20.8 Å². The molecule has 0 spiro atoms. The molecule has 1 aromatic rings. The summed E-state index contributed by atoms with van der Waals surface area (Å²) in [5, 5.41) is 18.9. The summed E-state index contributed by atoms with van der Waals surface area (Å²) in [7, 11) is 0. The Morgan fingerprint density at radius 1 is 1.59 bits per heavy atom. The smallest absolute Gasteiger partial charge is 0.291 e. The molecule has 2 rings (SSSR count). The lowest BCUT2D eigenvalue weighted by Crippen LogP contribution is -2.51. The van der Waals surface area contributed by atoms with Crippen LogP contribution in [0.3, 0.4) is 0 Å². The molecule has 0 aromatic carbocycles. The minimum atomic E-state index is -0.697. The van der Waals surface area contributed by atoms with E-state index in [1.807, 2.05) is 0 Å². The van der Waals surface area contributed by atoms with Crippen LogP contribution in [0, 0.1) is 0 Å². The maximum atomic E-state index is 11.9. The van der Waals surface area contributed by atoms with Crippen LogP contribution in [0.1, 0.15) is 56.0 Å². The van der Waals surface area contributed by atoms with Gasteiger partial charge in [-0.3, -0.25) is 9.89 Å². The van der Waals surface area contributed by atoms with Gasteiger partial charge in [0, 0.05) is 5.92 Å². The van der Waals surface area contributed by atoms with Crippen LogP contribution in [0.5, 0.6) is 0 Å². The molecule has 1 unspecified atom stereocenters. The summed E-state index contributed by atoms with van der Waals surface area (Å²) in [6.07, 6.45) is 1.57. The number of carbonyl (C=O) groups excluding carboxylic acids is 1. The van der Waals surface area contributed by atoms with Gasteiger partial charge in [0.05, 0.1) is 11.6 Å². The fourth-order valence-electron chi connectivity index (χ4n) is 1.37. The van der Waals surface area contributed by atoms with Crippen LogP contribution >= 0.6 is 0 Å². The quantitative estimate of drug-likeness (QED) is 0.715. The van der Waals surface area contributed by atoms with Crippen LogP contribution in [-0.2, 0) is 0 Å². The number of H-pyrrole nitrogens is 1. The molecule has 6 nitrogen and oxygen atoms in total. The van der Waals surface area contributed by atoms with Gasteiger partial charge in [0.25, 0.3) is 5.91 Å². The zero-order chi connectivity index (χ0) is 12.6. The van der Waals surface area contributed by atoms with E-state index in [4.69, 9.17) is 0 Å². The molecule has 94 valence electrons. The van der Waals surface area contributed by atoms with Crippen LogP contribution in [0.25, 0.3) is 0 Å². The largest absolute Gasteiger partial charge is 0.391 e. The number of carbonyl (C=O) groups is 1. The van der Waals surface area contributed by atoms with Crippen LogP contribution in [0.4, 0.5) is 0 Å². The van der Waals surface area contributed by atoms with E-state index < -0.39 is 11.6 Å². The number of aromatic nitrogens is 3. The van der Waals surface area contributed by atoms with Crippen molar-refractivity contribution in [1.29, 1.82) is 0 Å². The van der Waals surface area contributed by atoms with Gasteiger partial charge in [-0.1, -0.05) is 0 Å². The Labute approximate surface area is 99.8 Å². The van der Waals surface area contributed by atoms with E-state index >= 15 is 0 Å². The highest BCUT2D eigenvalue weighted by Crippen LogP contribution is 2.37. The molecule has 3 N–H and O–H groups in total. The summed E-state index contributed by atoms with van der Waals surface area (Å²) in [4.78, 5) is 16.0. The van der Waals surface area contributed by atoms with Crippen LogP contribution < -0.4 is 5.32 Å². The molecule has 1 heterocycles. The Kier molecular flexibility index (Phi) is 2.91. The summed E-state index contributed by atoms with van der Waals surface area (Å²) in [6.45, 7) is 5.14. The maximum absolute atomic E-state index is 11.9. The van der Waals surface area contributed by atoms with E-state index in [0.29, 0.717) is 5.92 Å². The van der Waals surface area contributed by atoms with Crippen molar-refractivity contribution in [2.24, 2.45) is 0 Å². The number of aliphatic hydroxyl groups is 1. The number of aliphatic hydroxyl groups excluding tert-OH is 1. The number of rotatable bonds is 4. The first kappa shape index (κ1) is 12.0. The summed E-state index contributed by atoms with van der Waals surface area (Å²) in [5.41, 5.74) is -0.697. The second-order valence-electron chi connectivity index (χ2n) is 5.17. The molecule has 1 aliphatic rings. The molecule has 1 aliphatic carbocycles. The van der Waals surface area contributed by atoms with Gasteiger partial charge < -0.3 is 10.4 Å². The van der Waals surface area contributed by atoms with Gasteiger partial charge >= 0.3 is 0 Å². The van der Waals surface area contributed by atoms with Gasteiger partial charge in [-0.05, 0) is 33.6 Å². The molecule has 0 bridgehead atoms. The highest BCUT2D eigenvalue weighted by Gasteiger charge is 2.30. The van der Waals surface area contributed by atoms with Crippen molar-refractivity contribution in [1.82, 2.24) is 20.5 Å². The Hall–Kier alpha value is -1.43. The number of amides is 1. The van der Waals surface area contributed by atoms with Crippen molar-refractivity contribution in [2.75, 3.05) is 0 Å². The third-order valence-corrected chi connectivity index (χ3v) is 3.15. The zero-order valence-corrected chi connectivity index (χ0v) is 10.3. The molecule has 1 saturated carbocycles. The van der Waals surface area contributed by atoms with Crippen molar-refractivity contribution in [3.05, 3.63) is 11.6 Å². The minimum Gasteiger partial charge on any atom is -0.391 e. The molecule has 1 fully saturated rings. The first-order valence-corrected chi connectivity index (χ1v) is 5.83. The second-order valence-corrected chi connectivity index (χ2v) is 5.17. The summed E-state index contributed by atoms with van der Waals surface area (Å²) in [5.74, 6) is 0.999. The summed E-state index contributed by atoms with van der Waals surface area (Å²) in [6, 6.07) is 0. The Balaban J connectivity index is 2.03. The van der Waals surface area contributed by atoms with Crippen molar-refractivity contribution in [3.63, 3.8) is 0 Å². The summed E-state index contributed by atoms with van der Waals surface area (Å²) < 4.78 is 0. The van der Waals surface area contributed by atoms with Gasteiger partial charge in [-0.2, -0.15) is 0 Å². The molecule has 1 atom stereocenters. The Bertz CT molecular complexity index is 421. The Morgan fingerprint density at radius 3 is 2.76 bits per heavy atom. The maximum Gasteiger partial charge on any atom is 0.291 e. The third-order valence-electron chi connectivity index (χ3n) is 3.15. The van der Waals surface area contributed by atoms with Crippen molar-refractivity contribution in [3.8, 4) is 0 Å². The number of hydrogen-bond donors (Lipinski definition) is 3. The lowest BCUT2D eigenvalue weighted by Gasteiger charge is -2.28. The molecular formula is C11H18N4O2. The molecule has 1 amide bonds. The first-order valence-electron chi connectivity index (χ1n) is 5.83. The van der Waals surface area contributed by atoms with Gasteiger partial charge in [0.1, 0.15) is 5.82 Å². The predicted octanol–water partition coefficient (Wildman–Crippen LogP) is 0.571. The fraction of sp³-hybridized carbons (Fsp3) is 0.727. The minimum absolute atomic E-state index is 0.139. The molecule has 1 aromatic heterocycles. The van der Waals surface area contributed by atoms with Crippen LogP contribution in [0.15, 0.2) is 0 Å². The molecule has 6 heteroatoms. The van der Waals surface area contributed by atoms with Gasteiger partial charge in [0.15, 0.2) is 0 Å². The average Bonchev–Trinajstić information content (AvgIpc) is 2.95. The van der Waals surface area contributed by atoms with Gasteiger partial charge in [0.2, 0.25) is 5.82 Å². The number of nitrogens with zero attached hydrogens (tertiary/aromatic N) is 2. The molecule has 17 heavy (non-hydrogen) atoms. The molecule has 0 aliphatic heterocycles. The predicted molar refractivity (Wildman–Crippen MR) is 61.6 cm³/mol. The van der Waals surface area contributed by atoms with Crippen LogP contribution in [-0.4, -0.2) is 37.8 Å². The van der Waals surface area contributed by atoms with Gasteiger partial charge in [-0.25, -0.2) is 4.98 Å². The highest BCUT2D eigenvalue weighted by molar-refractivity contribution is 5.90. The molecule has 0 saturated heterocycles. The Morgan fingerprint density at radius 2 is 2.24 bits per heavy atom. The summed E-state index contributed by atoms with van der Waals surface area (Å²) >= 11 is 0. The van der Waals surface area contributed by atoms with Crippen molar-refractivity contribution < 1.29 is 9.90 Å². The highest BCUT2D eigenvalue weighted by atomic mass is 16.3. The normalized spacial score (nSPS) is 17.9. The van der Waals surface area contributed by atoms with E-state index in [-0.39, 0.29) is 11.7 Å². The van der Waals surface area contributed by atoms with Crippen molar-refractivity contribution in [2.45, 2.75) is 51.2 Å². The number of aromatic amines is 1. The van der Waals surface area contributed by atoms with Crippen molar-refractivity contribution >= 4 is 5.91 Å². The van der Waals surface area contributed by atoms with E-state index in [0.717, 1.165) is 18.7 Å². The van der Waals surface area contributed by atoms with Crippen LogP contribution in [0.2, 0.25) is 0 Å². The lowest BCUT2D eigenvalue weighted by molar-refractivity contribution is 0.0701. The topological polar surface area (TPSA) is 90.9 Å². The monoisotopic (exact) mass is 238 g/mol. The SMILES string of the molecule is CC(O)C(C)(C)NC(=O)c1n[nH]c(C2CC2)n1. The van der Waals surface area contributed by atoms with Gasteiger partial charge in [-0.15, -0.1) is 5.10 Å². The molecule has 0 radical (unpaired) electrons. The second kappa shape index (κ2) is 4.10. The molecular weight excluding hydrogens is 220 g/mol. The van der Waals surface area contributed by atoms with E-state index in [1.165, 1.54) is 0 Å². The lowest BCUT2D eigenvalue weighted by atomic mass is 9.99. The van der Waals surface area contributed by atoms with E-state index in [2.05, 4.69) is 20.5 Å². The fourth-order valence-corrected chi connectivity index (χ4v) is 1.37. The third kappa shape index (κ3) is 2.63. The standard InChI is InChI=1S/C11H18N4O2/c1-6(16)11(2,3)13-10(17)9-12-8(14-15-9)7-4-5-7/h6-7,16H,4-5H2,1-3H3,(H,13,17)(H,12,14,15). The number of nitrogens with one attached hydrogen (secondary N) is 2. The zero-order valence-electron chi connectivity index (χ0n) is 10.3. The number of hydrogen-bond acceptors (Lipinski definition) is 4. The first-order chi connectivity index (χ1) is 7.90. The van der Waals surface area contributed by atoms with E-state index in [9.17, 15) is 9.90 Å². The average molecular weight is 238 g/mol.